The van der Waals surface area contributed by atoms with Crippen LogP contribution in [0.25, 0.3) is 0 Å². The van der Waals surface area contributed by atoms with Gasteiger partial charge in [-0.3, -0.25) is 0 Å². The lowest BCUT2D eigenvalue weighted by Crippen LogP contribution is -2.19. The van der Waals surface area contributed by atoms with Crippen LogP contribution in [0.15, 0.2) is 0 Å². The summed E-state index contributed by atoms with van der Waals surface area (Å²) in [5.74, 6) is 2.78. The Bertz CT molecular complexity index is 443. The van der Waals surface area contributed by atoms with Crippen molar-refractivity contribution in [2.24, 2.45) is 0 Å². The topological polar surface area (TPSA) is 43.8 Å². The number of imidazole rings is 1. The molecule has 3 nitrogen and oxygen atoms in total. The molecule has 0 spiro atoms. The lowest BCUT2D eigenvalue weighted by atomic mass is 9.95. The van der Waals surface area contributed by atoms with Crippen molar-refractivity contribution >= 4 is 5.82 Å². The molecule has 3 rings (SSSR count). The minimum Gasteiger partial charge on any atom is -0.384 e. The first-order valence-corrected chi connectivity index (χ1v) is 7.36. The fourth-order valence-electron chi connectivity index (χ4n) is 3.19. The number of rotatable bonds is 2. The van der Waals surface area contributed by atoms with Gasteiger partial charge in [-0.05, 0) is 25.7 Å². The third kappa shape index (κ3) is 1.94. The summed E-state index contributed by atoms with van der Waals surface area (Å²) < 4.78 is 2.34. The second-order valence-corrected chi connectivity index (χ2v) is 7.04. The van der Waals surface area contributed by atoms with Crippen molar-refractivity contribution in [3.8, 4) is 0 Å². The predicted octanol–water partition coefficient (Wildman–Crippen LogP) is 3.76. The van der Waals surface area contributed by atoms with Gasteiger partial charge in [-0.15, -0.1) is 0 Å². The lowest BCUT2D eigenvalue weighted by molar-refractivity contribution is 0.503. The predicted molar refractivity (Wildman–Crippen MR) is 74.8 cm³/mol. The number of aromatic nitrogens is 2. The maximum Gasteiger partial charge on any atom is 0.127 e. The molecule has 3 heteroatoms. The Labute approximate surface area is 110 Å². The standard InChI is InChI=1S/C15H25N3/c1-15(2,3)14-17-12(10-6-4-5-7-10)13(16)18(14)11-8-9-11/h10-11H,4-9,16H2,1-3H3. The Hall–Kier alpha value is -0.990. The van der Waals surface area contributed by atoms with Gasteiger partial charge < -0.3 is 10.3 Å². The smallest absolute Gasteiger partial charge is 0.127 e. The molecular formula is C15H25N3. The van der Waals surface area contributed by atoms with E-state index in [1.54, 1.807) is 0 Å². The second-order valence-electron chi connectivity index (χ2n) is 7.04. The number of hydrogen-bond acceptors (Lipinski definition) is 2. The largest absolute Gasteiger partial charge is 0.384 e. The van der Waals surface area contributed by atoms with Crippen LogP contribution in [0.1, 0.15) is 82.8 Å². The number of anilines is 1. The molecule has 2 saturated carbocycles. The molecule has 0 radical (unpaired) electrons. The first kappa shape index (κ1) is 12.1. The van der Waals surface area contributed by atoms with Crippen LogP contribution in [-0.2, 0) is 5.41 Å². The average molecular weight is 247 g/mol. The van der Waals surface area contributed by atoms with Crippen molar-refractivity contribution in [2.75, 3.05) is 5.73 Å². The summed E-state index contributed by atoms with van der Waals surface area (Å²) >= 11 is 0. The van der Waals surface area contributed by atoms with Crippen molar-refractivity contribution < 1.29 is 0 Å². The summed E-state index contributed by atoms with van der Waals surface area (Å²) in [5, 5.41) is 0. The highest BCUT2D eigenvalue weighted by atomic mass is 15.2. The quantitative estimate of drug-likeness (QED) is 0.864. The molecule has 100 valence electrons. The van der Waals surface area contributed by atoms with Gasteiger partial charge in [0.2, 0.25) is 0 Å². The molecule has 0 atom stereocenters. The van der Waals surface area contributed by atoms with E-state index >= 15 is 0 Å². The van der Waals surface area contributed by atoms with E-state index < -0.39 is 0 Å². The van der Waals surface area contributed by atoms with Gasteiger partial charge in [0.1, 0.15) is 11.6 Å². The van der Waals surface area contributed by atoms with Gasteiger partial charge in [-0.1, -0.05) is 33.6 Å². The van der Waals surface area contributed by atoms with E-state index in [-0.39, 0.29) is 5.41 Å². The van der Waals surface area contributed by atoms with Crippen molar-refractivity contribution in [2.45, 2.75) is 76.7 Å². The van der Waals surface area contributed by atoms with E-state index in [1.165, 1.54) is 50.0 Å². The summed E-state index contributed by atoms with van der Waals surface area (Å²) in [6.07, 6.45) is 7.77. The van der Waals surface area contributed by atoms with Gasteiger partial charge >= 0.3 is 0 Å². The van der Waals surface area contributed by atoms with E-state index in [9.17, 15) is 0 Å². The monoisotopic (exact) mass is 247 g/mol. The zero-order valence-electron chi connectivity index (χ0n) is 11.9. The SMILES string of the molecule is CC(C)(C)c1nc(C2CCCC2)c(N)n1C1CC1. The second kappa shape index (κ2) is 4.01. The van der Waals surface area contributed by atoms with Crippen molar-refractivity contribution in [3.05, 3.63) is 11.5 Å². The van der Waals surface area contributed by atoms with Gasteiger partial charge in [0.05, 0.1) is 5.69 Å². The molecule has 0 bridgehead atoms. The van der Waals surface area contributed by atoms with E-state index in [4.69, 9.17) is 10.7 Å². The maximum absolute atomic E-state index is 6.42. The van der Waals surface area contributed by atoms with E-state index in [1.807, 2.05) is 0 Å². The van der Waals surface area contributed by atoms with Crippen LogP contribution in [0.4, 0.5) is 5.82 Å². The Morgan fingerprint density at radius 1 is 1.11 bits per heavy atom. The highest BCUT2D eigenvalue weighted by Gasteiger charge is 2.35. The zero-order valence-corrected chi connectivity index (χ0v) is 11.9. The van der Waals surface area contributed by atoms with Gasteiger partial charge in [0.15, 0.2) is 0 Å². The summed E-state index contributed by atoms with van der Waals surface area (Å²) in [7, 11) is 0. The zero-order chi connectivity index (χ0) is 12.9. The molecule has 2 aliphatic rings. The lowest BCUT2D eigenvalue weighted by Gasteiger charge is -2.20. The molecule has 2 N–H and O–H groups in total. The molecule has 2 fully saturated rings. The average Bonchev–Trinajstić information content (AvgIpc) is 2.85. The van der Waals surface area contributed by atoms with Crippen LogP contribution in [0.3, 0.4) is 0 Å². The maximum atomic E-state index is 6.42. The third-order valence-electron chi connectivity index (χ3n) is 4.30. The van der Waals surface area contributed by atoms with E-state index in [0.29, 0.717) is 12.0 Å². The Balaban J connectivity index is 2.05. The van der Waals surface area contributed by atoms with Crippen LogP contribution in [0.5, 0.6) is 0 Å². The van der Waals surface area contributed by atoms with E-state index in [0.717, 1.165) is 5.82 Å². The summed E-state index contributed by atoms with van der Waals surface area (Å²) in [6.45, 7) is 6.73. The molecule has 1 heterocycles. The van der Waals surface area contributed by atoms with Gasteiger partial charge in [-0.2, -0.15) is 0 Å². The van der Waals surface area contributed by atoms with Crippen molar-refractivity contribution in [3.63, 3.8) is 0 Å². The molecule has 0 aliphatic heterocycles. The van der Waals surface area contributed by atoms with Crippen LogP contribution in [0, 0.1) is 0 Å². The van der Waals surface area contributed by atoms with Gasteiger partial charge in [-0.25, -0.2) is 4.98 Å². The Kier molecular flexibility index (Phi) is 2.68. The highest BCUT2D eigenvalue weighted by Crippen LogP contribution is 2.45. The van der Waals surface area contributed by atoms with Crippen molar-refractivity contribution in [1.29, 1.82) is 0 Å². The molecule has 0 amide bonds. The normalized spacial score (nSPS) is 21.7. The Morgan fingerprint density at radius 3 is 2.22 bits per heavy atom. The van der Waals surface area contributed by atoms with Gasteiger partial charge in [0, 0.05) is 17.4 Å². The number of nitrogens with two attached hydrogens (primary N) is 1. The third-order valence-corrected chi connectivity index (χ3v) is 4.30. The van der Waals surface area contributed by atoms with E-state index in [2.05, 4.69) is 25.3 Å². The molecule has 1 aromatic rings. The molecule has 2 aliphatic carbocycles. The van der Waals surface area contributed by atoms with Crippen molar-refractivity contribution in [1.82, 2.24) is 9.55 Å². The van der Waals surface area contributed by atoms with Gasteiger partial charge in [0.25, 0.3) is 0 Å². The molecule has 0 aromatic carbocycles. The molecular weight excluding hydrogens is 222 g/mol. The van der Waals surface area contributed by atoms with Crippen LogP contribution >= 0.6 is 0 Å². The first-order valence-electron chi connectivity index (χ1n) is 7.36. The molecule has 1 aromatic heterocycles. The number of nitrogens with zero attached hydrogens (tertiary/aromatic N) is 2. The fourth-order valence-corrected chi connectivity index (χ4v) is 3.19. The minimum absolute atomic E-state index is 0.0908. The molecule has 0 unspecified atom stereocenters. The number of hydrogen-bond donors (Lipinski definition) is 1. The molecule has 0 saturated heterocycles. The summed E-state index contributed by atoms with van der Waals surface area (Å²) in [5.41, 5.74) is 7.71. The number of nitrogen functional groups attached to an aromatic ring is 1. The first-order chi connectivity index (χ1) is 8.48. The van der Waals surface area contributed by atoms with Crippen LogP contribution in [0.2, 0.25) is 0 Å². The molecule has 18 heavy (non-hydrogen) atoms. The highest BCUT2D eigenvalue weighted by molar-refractivity contribution is 5.43. The Morgan fingerprint density at radius 2 is 1.72 bits per heavy atom. The summed E-state index contributed by atoms with van der Waals surface area (Å²) in [4.78, 5) is 4.96. The van der Waals surface area contributed by atoms with Crippen LogP contribution < -0.4 is 5.73 Å². The fraction of sp³-hybridized carbons (Fsp3) is 0.800. The van der Waals surface area contributed by atoms with Crippen LogP contribution in [-0.4, -0.2) is 9.55 Å². The summed E-state index contributed by atoms with van der Waals surface area (Å²) in [6, 6.07) is 0.627. The minimum atomic E-state index is 0.0908.